The van der Waals surface area contributed by atoms with E-state index < -0.39 is 0 Å². The van der Waals surface area contributed by atoms with Crippen molar-refractivity contribution in [1.82, 2.24) is 25.4 Å². The summed E-state index contributed by atoms with van der Waals surface area (Å²) in [5.74, 6) is 0.115. The minimum Gasteiger partial charge on any atom is -0.348 e. The number of likely N-dealkylation sites (tertiary alicyclic amines) is 1. The first-order chi connectivity index (χ1) is 13.7. The van der Waals surface area contributed by atoms with Crippen molar-refractivity contribution in [1.29, 1.82) is 0 Å². The van der Waals surface area contributed by atoms with Crippen molar-refractivity contribution in [3.63, 3.8) is 0 Å². The number of carbonyl (C=O) groups excluding carboxylic acids is 2. The quantitative estimate of drug-likeness (QED) is 0.688. The summed E-state index contributed by atoms with van der Waals surface area (Å²) < 4.78 is 0. The van der Waals surface area contributed by atoms with E-state index in [1.807, 2.05) is 11.4 Å². The van der Waals surface area contributed by atoms with Crippen molar-refractivity contribution >= 4 is 28.3 Å². The van der Waals surface area contributed by atoms with Crippen LogP contribution in [0.2, 0.25) is 0 Å². The number of nitrogens with zero attached hydrogens (tertiary/aromatic N) is 3. The summed E-state index contributed by atoms with van der Waals surface area (Å²) in [6.45, 7) is 2.02. The summed E-state index contributed by atoms with van der Waals surface area (Å²) in [5, 5.41) is 15.6. The van der Waals surface area contributed by atoms with Crippen molar-refractivity contribution in [2.75, 3.05) is 25.0 Å². The minimum atomic E-state index is -0.0927. The molecule has 2 fully saturated rings. The van der Waals surface area contributed by atoms with Crippen LogP contribution < -0.4 is 10.6 Å². The molecule has 1 aliphatic carbocycles. The SMILES string of the molecule is O=C(CN1CCCC(c2cc(C(=O)NC3CCCC3)n[nH]2)C1)Nc1nccs1. The third-order valence-electron chi connectivity index (χ3n) is 5.51. The highest BCUT2D eigenvalue weighted by atomic mass is 32.1. The van der Waals surface area contributed by atoms with Gasteiger partial charge in [-0.2, -0.15) is 5.10 Å². The Kier molecular flexibility index (Phi) is 6.01. The molecule has 0 aromatic carbocycles. The minimum absolute atomic E-state index is 0.0446. The molecule has 0 bridgehead atoms. The van der Waals surface area contributed by atoms with E-state index in [1.165, 1.54) is 24.2 Å². The zero-order chi connectivity index (χ0) is 19.3. The summed E-state index contributed by atoms with van der Waals surface area (Å²) in [4.78, 5) is 30.9. The predicted octanol–water partition coefficient (Wildman–Crippen LogP) is 2.36. The Morgan fingerprint density at radius 1 is 1.25 bits per heavy atom. The molecular formula is C19H26N6O2S. The molecule has 4 rings (SSSR count). The molecule has 1 unspecified atom stereocenters. The highest BCUT2D eigenvalue weighted by Crippen LogP contribution is 2.26. The number of anilines is 1. The van der Waals surface area contributed by atoms with Gasteiger partial charge >= 0.3 is 0 Å². The normalized spacial score (nSPS) is 20.9. The molecule has 1 aliphatic heterocycles. The van der Waals surface area contributed by atoms with Gasteiger partial charge in [0.2, 0.25) is 5.91 Å². The first kappa shape index (κ1) is 19.1. The first-order valence-corrected chi connectivity index (χ1v) is 10.8. The van der Waals surface area contributed by atoms with Gasteiger partial charge in [-0.05, 0) is 38.3 Å². The van der Waals surface area contributed by atoms with E-state index in [0.29, 0.717) is 17.4 Å². The number of thiazole rings is 1. The fraction of sp³-hybridized carbons (Fsp3) is 0.579. The molecule has 9 heteroatoms. The van der Waals surface area contributed by atoms with Crippen LogP contribution in [0.5, 0.6) is 0 Å². The van der Waals surface area contributed by atoms with Gasteiger partial charge in [-0.3, -0.25) is 19.6 Å². The molecule has 150 valence electrons. The molecule has 2 amide bonds. The summed E-state index contributed by atoms with van der Waals surface area (Å²) in [7, 11) is 0. The Morgan fingerprint density at radius 3 is 2.89 bits per heavy atom. The van der Waals surface area contributed by atoms with Crippen molar-refractivity contribution in [2.24, 2.45) is 0 Å². The van der Waals surface area contributed by atoms with Crippen molar-refractivity contribution in [3.8, 4) is 0 Å². The summed E-state index contributed by atoms with van der Waals surface area (Å²) in [6, 6.07) is 2.16. The summed E-state index contributed by atoms with van der Waals surface area (Å²) >= 11 is 1.41. The molecule has 0 spiro atoms. The molecular weight excluding hydrogens is 376 g/mol. The van der Waals surface area contributed by atoms with E-state index in [9.17, 15) is 9.59 Å². The average Bonchev–Trinajstić information content (AvgIpc) is 3.44. The molecule has 1 saturated heterocycles. The second kappa shape index (κ2) is 8.83. The number of hydrogen-bond acceptors (Lipinski definition) is 6. The van der Waals surface area contributed by atoms with Crippen molar-refractivity contribution in [3.05, 3.63) is 29.0 Å². The largest absolute Gasteiger partial charge is 0.348 e. The third kappa shape index (κ3) is 4.77. The second-order valence-corrected chi connectivity index (χ2v) is 8.52. The van der Waals surface area contributed by atoms with E-state index in [1.54, 1.807) is 6.20 Å². The number of aromatic nitrogens is 3. The van der Waals surface area contributed by atoms with E-state index >= 15 is 0 Å². The Bertz CT molecular complexity index is 799. The van der Waals surface area contributed by atoms with Gasteiger partial charge in [-0.1, -0.05) is 12.8 Å². The number of carbonyl (C=O) groups is 2. The number of piperidine rings is 1. The van der Waals surface area contributed by atoms with Gasteiger partial charge in [0.25, 0.3) is 5.91 Å². The Labute approximate surface area is 168 Å². The van der Waals surface area contributed by atoms with Crippen LogP contribution in [0, 0.1) is 0 Å². The zero-order valence-corrected chi connectivity index (χ0v) is 16.6. The van der Waals surface area contributed by atoms with E-state index in [0.717, 1.165) is 44.5 Å². The summed E-state index contributed by atoms with van der Waals surface area (Å²) in [6.07, 6.45) is 8.20. The molecule has 28 heavy (non-hydrogen) atoms. The maximum Gasteiger partial charge on any atom is 0.271 e. The fourth-order valence-corrected chi connectivity index (χ4v) is 4.64. The van der Waals surface area contributed by atoms with E-state index in [-0.39, 0.29) is 23.8 Å². The van der Waals surface area contributed by atoms with Crippen LogP contribution in [0.3, 0.4) is 0 Å². The van der Waals surface area contributed by atoms with Gasteiger partial charge in [0.15, 0.2) is 5.13 Å². The van der Waals surface area contributed by atoms with Crippen LogP contribution in [0.25, 0.3) is 0 Å². The number of rotatable bonds is 6. The number of aromatic amines is 1. The maximum absolute atomic E-state index is 12.4. The Hall–Kier alpha value is -2.26. The predicted molar refractivity (Wildman–Crippen MR) is 107 cm³/mol. The molecule has 0 radical (unpaired) electrons. The van der Waals surface area contributed by atoms with Gasteiger partial charge in [-0.15, -0.1) is 11.3 Å². The monoisotopic (exact) mass is 402 g/mol. The fourth-order valence-electron chi connectivity index (χ4n) is 4.09. The zero-order valence-electron chi connectivity index (χ0n) is 15.8. The number of amides is 2. The number of nitrogens with one attached hydrogen (secondary N) is 3. The molecule has 8 nitrogen and oxygen atoms in total. The van der Waals surface area contributed by atoms with Gasteiger partial charge < -0.3 is 10.6 Å². The van der Waals surface area contributed by atoms with Gasteiger partial charge in [-0.25, -0.2) is 4.98 Å². The van der Waals surface area contributed by atoms with E-state index in [2.05, 4.69) is 30.7 Å². The van der Waals surface area contributed by atoms with Crippen molar-refractivity contribution < 1.29 is 9.59 Å². The van der Waals surface area contributed by atoms with Gasteiger partial charge in [0.1, 0.15) is 5.69 Å². The lowest BCUT2D eigenvalue weighted by atomic mass is 9.94. The topological polar surface area (TPSA) is 103 Å². The van der Waals surface area contributed by atoms with Crippen molar-refractivity contribution in [2.45, 2.75) is 50.5 Å². The molecule has 2 aliphatic rings. The van der Waals surface area contributed by atoms with Gasteiger partial charge in [0.05, 0.1) is 6.54 Å². The van der Waals surface area contributed by atoms with Crippen LogP contribution in [-0.4, -0.2) is 57.6 Å². The molecule has 1 atom stereocenters. The molecule has 3 N–H and O–H groups in total. The Balaban J connectivity index is 1.31. The van der Waals surface area contributed by atoms with Crippen LogP contribution in [0.15, 0.2) is 17.6 Å². The van der Waals surface area contributed by atoms with Crippen LogP contribution in [-0.2, 0) is 4.79 Å². The number of H-pyrrole nitrogens is 1. The highest BCUT2D eigenvalue weighted by Gasteiger charge is 2.26. The molecule has 2 aromatic rings. The smallest absolute Gasteiger partial charge is 0.271 e. The lowest BCUT2D eigenvalue weighted by Crippen LogP contribution is -2.39. The van der Waals surface area contributed by atoms with Crippen LogP contribution >= 0.6 is 11.3 Å². The van der Waals surface area contributed by atoms with Gasteiger partial charge in [0, 0.05) is 35.8 Å². The van der Waals surface area contributed by atoms with Crippen LogP contribution in [0.4, 0.5) is 5.13 Å². The molecule has 2 aromatic heterocycles. The first-order valence-electron chi connectivity index (χ1n) is 9.95. The molecule has 1 saturated carbocycles. The maximum atomic E-state index is 12.4. The number of hydrogen-bond donors (Lipinski definition) is 3. The Morgan fingerprint density at radius 2 is 2.11 bits per heavy atom. The lowest BCUT2D eigenvalue weighted by molar-refractivity contribution is -0.117. The summed E-state index contributed by atoms with van der Waals surface area (Å²) in [5.41, 5.74) is 1.43. The second-order valence-electron chi connectivity index (χ2n) is 7.62. The average molecular weight is 403 g/mol. The van der Waals surface area contributed by atoms with E-state index in [4.69, 9.17) is 0 Å². The lowest BCUT2D eigenvalue weighted by Gasteiger charge is -2.31. The standard InChI is InChI=1S/C19H26N6O2S/c26-17(22-19-20-7-9-28-19)12-25-8-3-4-13(11-25)15-10-16(24-23-15)18(27)21-14-5-1-2-6-14/h7,9-10,13-14H,1-6,8,11-12H2,(H,21,27)(H,23,24)(H,20,22,26). The van der Waals surface area contributed by atoms with Crippen LogP contribution in [0.1, 0.15) is 60.6 Å². The highest BCUT2D eigenvalue weighted by molar-refractivity contribution is 7.13. The molecule has 3 heterocycles. The third-order valence-corrected chi connectivity index (χ3v) is 6.20.